The zero-order valence-corrected chi connectivity index (χ0v) is 9.51. The van der Waals surface area contributed by atoms with Crippen LogP contribution in [-0.4, -0.2) is 31.5 Å². The number of carboxylic acid groups (broad SMARTS) is 1. The van der Waals surface area contributed by atoms with Gasteiger partial charge in [0.1, 0.15) is 9.84 Å². The first-order valence-electron chi connectivity index (χ1n) is 4.77. The van der Waals surface area contributed by atoms with E-state index in [-0.39, 0.29) is 11.7 Å². The van der Waals surface area contributed by atoms with Crippen molar-refractivity contribution in [3.63, 3.8) is 0 Å². The fraction of sp³-hybridized carbons (Fsp3) is 0.889. The maximum Gasteiger partial charge on any atom is 0.306 e. The lowest BCUT2D eigenvalue weighted by atomic mass is 9.99. The van der Waals surface area contributed by atoms with E-state index in [0.29, 0.717) is 19.3 Å². The van der Waals surface area contributed by atoms with E-state index in [9.17, 15) is 13.2 Å². The summed E-state index contributed by atoms with van der Waals surface area (Å²) in [5.74, 6) is -1.12. The highest BCUT2D eigenvalue weighted by Crippen LogP contribution is 2.14. The molecule has 0 saturated heterocycles. The molecule has 14 heavy (non-hydrogen) atoms. The second-order valence-electron chi connectivity index (χ2n) is 3.60. The summed E-state index contributed by atoms with van der Waals surface area (Å²) < 4.78 is 21.6. The van der Waals surface area contributed by atoms with Crippen LogP contribution in [0.4, 0.5) is 0 Å². The topological polar surface area (TPSA) is 71.4 Å². The lowest BCUT2D eigenvalue weighted by molar-refractivity contribution is -0.142. The number of carboxylic acids is 1. The van der Waals surface area contributed by atoms with Gasteiger partial charge < -0.3 is 5.11 Å². The molecule has 0 rings (SSSR count). The molecule has 0 aliphatic rings. The highest BCUT2D eigenvalue weighted by molar-refractivity contribution is 7.90. The monoisotopic (exact) mass is 222 g/mol. The summed E-state index contributed by atoms with van der Waals surface area (Å²) in [5.41, 5.74) is 0. The maximum absolute atomic E-state index is 10.8. The summed E-state index contributed by atoms with van der Waals surface area (Å²) in [6, 6.07) is 0. The van der Waals surface area contributed by atoms with Crippen molar-refractivity contribution in [2.45, 2.75) is 32.6 Å². The predicted octanol–water partition coefficient (Wildman–Crippen LogP) is 1.31. The molecule has 0 aromatic heterocycles. The quantitative estimate of drug-likeness (QED) is 0.705. The average Bonchev–Trinajstić information content (AvgIpc) is 2.00. The van der Waals surface area contributed by atoms with E-state index in [0.717, 1.165) is 6.42 Å². The molecular formula is C9H18O4S. The molecule has 0 amide bonds. The Morgan fingerprint density at radius 3 is 2.29 bits per heavy atom. The molecule has 0 saturated carbocycles. The molecule has 0 spiro atoms. The normalized spacial score (nSPS) is 13.9. The summed E-state index contributed by atoms with van der Waals surface area (Å²) >= 11 is 0. The molecule has 84 valence electrons. The molecule has 1 atom stereocenters. The van der Waals surface area contributed by atoms with Gasteiger partial charge in [0, 0.05) is 12.0 Å². The van der Waals surface area contributed by atoms with Crippen LogP contribution in [0.3, 0.4) is 0 Å². The molecule has 0 aromatic carbocycles. The lowest BCUT2D eigenvalue weighted by Gasteiger charge is -2.09. The molecule has 0 radical (unpaired) electrons. The van der Waals surface area contributed by atoms with E-state index < -0.39 is 15.8 Å². The average molecular weight is 222 g/mol. The van der Waals surface area contributed by atoms with E-state index in [1.807, 2.05) is 6.92 Å². The summed E-state index contributed by atoms with van der Waals surface area (Å²) in [7, 11) is -2.95. The minimum atomic E-state index is -2.95. The molecular weight excluding hydrogens is 204 g/mol. The fourth-order valence-corrected chi connectivity index (χ4v) is 2.02. The molecule has 5 heteroatoms. The van der Waals surface area contributed by atoms with Crippen molar-refractivity contribution >= 4 is 15.8 Å². The van der Waals surface area contributed by atoms with Gasteiger partial charge in [-0.1, -0.05) is 13.3 Å². The Bertz CT molecular complexity index is 269. The van der Waals surface area contributed by atoms with Gasteiger partial charge in [-0.15, -0.1) is 0 Å². The van der Waals surface area contributed by atoms with Crippen LogP contribution >= 0.6 is 0 Å². The first kappa shape index (κ1) is 13.4. The molecule has 0 aliphatic carbocycles. The van der Waals surface area contributed by atoms with Gasteiger partial charge in [-0.3, -0.25) is 4.79 Å². The number of aliphatic carboxylic acids is 1. The van der Waals surface area contributed by atoms with Gasteiger partial charge in [0.25, 0.3) is 0 Å². The minimum absolute atomic E-state index is 0.0838. The molecule has 1 N–H and O–H groups in total. The number of carbonyl (C=O) groups is 1. The summed E-state index contributed by atoms with van der Waals surface area (Å²) in [6.07, 6.45) is 3.50. The van der Waals surface area contributed by atoms with Crippen LogP contribution in [0.25, 0.3) is 0 Å². The standard InChI is InChI=1S/C9H18O4S/c1-3-5-8(9(10)11)6-4-7-14(2,12)13/h8H,3-7H2,1-2H3,(H,10,11)/t8-/m1/s1. The Labute approximate surface area is 85.2 Å². The van der Waals surface area contributed by atoms with Crippen LogP contribution < -0.4 is 0 Å². The van der Waals surface area contributed by atoms with Gasteiger partial charge in [-0.2, -0.15) is 0 Å². The summed E-state index contributed by atoms with van der Waals surface area (Å²) in [4.78, 5) is 10.7. The fourth-order valence-electron chi connectivity index (χ4n) is 1.33. The van der Waals surface area contributed by atoms with Crippen molar-refractivity contribution in [3.8, 4) is 0 Å². The minimum Gasteiger partial charge on any atom is -0.481 e. The van der Waals surface area contributed by atoms with Crippen LogP contribution in [0.5, 0.6) is 0 Å². The molecule has 0 bridgehead atoms. The van der Waals surface area contributed by atoms with Crippen molar-refractivity contribution in [1.82, 2.24) is 0 Å². The van der Waals surface area contributed by atoms with Crippen LogP contribution in [0, 0.1) is 5.92 Å². The van der Waals surface area contributed by atoms with Gasteiger partial charge in [0.05, 0.1) is 5.92 Å². The zero-order chi connectivity index (χ0) is 11.2. The van der Waals surface area contributed by atoms with Crippen LogP contribution in [-0.2, 0) is 14.6 Å². The SMILES string of the molecule is CCC[C@H](CCCS(C)(=O)=O)C(=O)O. The van der Waals surface area contributed by atoms with E-state index >= 15 is 0 Å². The van der Waals surface area contributed by atoms with E-state index in [2.05, 4.69) is 0 Å². The zero-order valence-electron chi connectivity index (χ0n) is 8.69. The Morgan fingerprint density at radius 2 is 1.93 bits per heavy atom. The highest BCUT2D eigenvalue weighted by atomic mass is 32.2. The lowest BCUT2D eigenvalue weighted by Crippen LogP contribution is -2.15. The van der Waals surface area contributed by atoms with Crippen molar-refractivity contribution in [2.24, 2.45) is 5.92 Å². The summed E-state index contributed by atoms with van der Waals surface area (Å²) in [5, 5.41) is 8.78. The van der Waals surface area contributed by atoms with Gasteiger partial charge in [0.15, 0.2) is 0 Å². The third-order valence-corrected chi connectivity index (χ3v) is 3.08. The molecule has 0 aliphatic heterocycles. The van der Waals surface area contributed by atoms with Crippen molar-refractivity contribution in [2.75, 3.05) is 12.0 Å². The Hall–Kier alpha value is -0.580. The third kappa shape index (κ3) is 6.88. The maximum atomic E-state index is 10.8. The van der Waals surface area contributed by atoms with Gasteiger partial charge >= 0.3 is 5.97 Å². The van der Waals surface area contributed by atoms with Gasteiger partial charge in [-0.05, 0) is 19.3 Å². The van der Waals surface area contributed by atoms with E-state index in [1.165, 1.54) is 6.26 Å². The van der Waals surface area contributed by atoms with E-state index in [1.54, 1.807) is 0 Å². The van der Waals surface area contributed by atoms with Crippen LogP contribution in [0.15, 0.2) is 0 Å². The van der Waals surface area contributed by atoms with Crippen LogP contribution in [0.1, 0.15) is 32.6 Å². The number of rotatable bonds is 7. The Kier molecular flexibility index (Phi) is 5.76. The van der Waals surface area contributed by atoms with Gasteiger partial charge in [0.2, 0.25) is 0 Å². The first-order chi connectivity index (χ1) is 6.37. The summed E-state index contributed by atoms with van der Waals surface area (Å²) in [6.45, 7) is 1.92. The number of hydrogen-bond acceptors (Lipinski definition) is 3. The van der Waals surface area contributed by atoms with Crippen molar-refractivity contribution in [3.05, 3.63) is 0 Å². The van der Waals surface area contributed by atoms with Crippen LogP contribution in [0.2, 0.25) is 0 Å². The number of hydrogen-bond donors (Lipinski definition) is 1. The molecule has 0 unspecified atom stereocenters. The second-order valence-corrected chi connectivity index (χ2v) is 5.86. The second kappa shape index (κ2) is 6.01. The smallest absolute Gasteiger partial charge is 0.306 e. The number of sulfone groups is 1. The van der Waals surface area contributed by atoms with E-state index in [4.69, 9.17) is 5.11 Å². The molecule has 0 heterocycles. The van der Waals surface area contributed by atoms with Gasteiger partial charge in [-0.25, -0.2) is 8.42 Å². The molecule has 0 fully saturated rings. The predicted molar refractivity (Wildman–Crippen MR) is 55.0 cm³/mol. The molecule has 4 nitrogen and oxygen atoms in total. The third-order valence-electron chi connectivity index (χ3n) is 2.05. The molecule has 0 aromatic rings. The largest absolute Gasteiger partial charge is 0.481 e. The van der Waals surface area contributed by atoms with Crippen molar-refractivity contribution < 1.29 is 18.3 Å². The highest BCUT2D eigenvalue weighted by Gasteiger charge is 2.16. The Balaban J connectivity index is 3.89. The first-order valence-corrected chi connectivity index (χ1v) is 6.83. The Morgan fingerprint density at radius 1 is 1.36 bits per heavy atom. The van der Waals surface area contributed by atoms with Crippen molar-refractivity contribution in [1.29, 1.82) is 0 Å².